The minimum atomic E-state index is -2.77. The molecule has 0 amide bonds. The van der Waals surface area contributed by atoms with Gasteiger partial charge in [0.25, 0.3) is 6.43 Å². The fourth-order valence-electron chi connectivity index (χ4n) is 1.21. The van der Waals surface area contributed by atoms with Gasteiger partial charge in [0.05, 0.1) is 18.4 Å². The third-order valence-electron chi connectivity index (χ3n) is 2.01. The number of halogens is 3. The van der Waals surface area contributed by atoms with Crippen LogP contribution in [0.2, 0.25) is 0 Å². The van der Waals surface area contributed by atoms with E-state index in [-0.39, 0.29) is 27.8 Å². The zero-order valence-corrected chi connectivity index (χ0v) is 10.3. The standard InChI is InChI=1S/C10H7BrF2N2O2/c1-17-10(16)6-2-5(9(12)13)7(3-11)15-8(6)4-14/h2,9H,3H2,1H3. The third-order valence-corrected chi connectivity index (χ3v) is 2.54. The monoisotopic (exact) mass is 304 g/mol. The van der Waals surface area contributed by atoms with E-state index in [0.29, 0.717) is 0 Å². The average Bonchev–Trinajstić information content (AvgIpc) is 2.35. The number of hydrogen-bond acceptors (Lipinski definition) is 4. The molecule has 1 rings (SSSR count). The van der Waals surface area contributed by atoms with Gasteiger partial charge in [-0.25, -0.2) is 18.6 Å². The Hall–Kier alpha value is -1.55. The lowest BCUT2D eigenvalue weighted by Gasteiger charge is -2.09. The summed E-state index contributed by atoms with van der Waals surface area (Å²) in [5.41, 5.74) is -0.837. The smallest absolute Gasteiger partial charge is 0.340 e. The van der Waals surface area contributed by atoms with Crippen LogP contribution in [0.1, 0.15) is 33.7 Å². The van der Waals surface area contributed by atoms with E-state index >= 15 is 0 Å². The van der Waals surface area contributed by atoms with Crippen molar-refractivity contribution in [2.45, 2.75) is 11.8 Å². The average molecular weight is 305 g/mol. The Labute approximate surface area is 104 Å². The van der Waals surface area contributed by atoms with E-state index in [1.54, 1.807) is 6.07 Å². The van der Waals surface area contributed by atoms with Gasteiger partial charge in [0.15, 0.2) is 5.69 Å². The summed E-state index contributed by atoms with van der Waals surface area (Å²) in [5.74, 6) is -0.864. The van der Waals surface area contributed by atoms with Gasteiger partial charge in [-0.05, 0) is 6.07 Å². The van der Waals surface area contributed by atoms with Gasteiger partial charge in [-0.3, -0.25) is 0 Å². The summed E-state index contributed by atoms with van der Waals surface area (Å²) in [6.07, 6.45) is -2.77. The third kappa shape index (κ3) is 2.77. The molecule has 90 valence electrons. The van der Waals surface area contributed by atoms with Crippen LogP contribution in [0, 0.1) is 11.3 Å². The molecule has 0 aliphatic rings. The van der Waals surface area contributed by atoms with E-state index in [0.717, 1.165) is 13.2 Å². The minimum Gasteiger partial charge on any atom is -0.465 e. The van der Waals surface area contributed by atoms with Gasteiger partial charge in [-0.15, -0.1) is 0 Å². The number of carbonyl (C=O) groups is 1. The number of alkyl halides is 3. The summed E-state index contributed by atoms with van der Waals surface area (Å²) < 4.78 is 29.8. The molecule has 1 aromatic rings. The highest BCUT2D eigenvalue weighted by molar-refractivity contribution is 9.08. The molecular formula is C10H7BrF2N2O2. The van der Waals surface area contributed by atoms with E-state index in [9.17, 15) is 13.6 Å². The van der Waals surface area contributed by atoms with Crippen molar-refractivity contribution in [2.75, 3.05) is 7.11 Å². The van der Waals surface area contributed by atoms with Crippen molar-refractivity contribution in [3.63, 3.8) is 0 Å². The maximum Gasteiger partial charge on any atom is 0.340 e. The molecule has 0 aliphatic heterocycles. The number of methoxy groups -OCH3 is 1. The lowest BCUT2D eigenvalue weighted by molar-refractivity contribution is 0.0599. The van der Waals surface area contributed by atoms with Crippen LogP contribution < -0.4 is 0 Å². The van der Waals surface area contributed by atoms with Crippen LogP contribution in [0.15, 0.2) is 6.07 Å². The molecule has 0 aliphatic carbocycles. The van der Waals surface area contributed by atoms with Crippen molar-refractivity contribution >= 4 is 21.9 Å². The molecule has 0 N–H and O–H groups in total. The Morgan fingerprint density at radius 2 is 2.35 bits per heavy atom. The molecule has 0 unspecified atom stereocenters. The van der Waals surface area contributed by atoms with Gasteiger partial charge in [0.2, 0.25) is 0 Å². The van der Waals surface area contributed by atoms with Gasteiger partial charge in [0, 0.05) is 10.9 Å². The van der Waals surface area contributed by atoms with Crippen LogP contribution in [0.4, 0.5) is 8.78 Å². The molecule has 0 saturated carbocycles. The van der Waals surface area contributed by atoms with Gasteiger partial charge in [-0.1, -0.05) is 15.9 Å². The van der Waals surface area contributed by atoms with Crippen molar-refractivity contribution in [3.8, 4) is 6.07 Å². The second-order valence-electron chi connectivity index (χ2n) is 2.96. The first-order chi connectivity index (χ1) is 8.04. The summed E-state index contributed by atoms with van der Waals surface area (Å²) in [7, 11) is 1.10. The van der Waals surface area contributed by atoms with E-state index < -0.39 is 12.4 Å². The van der Waals surface area contributed by atoms with Crippen molar-refractivity contribution in [3.05, 3.63) is 28.6 Å². The lowest BCUT2D eigenvalue weighted by Crippen LogP contribution is -2.10. The summed E-state index contributed by atoms with van der Waals surface area (Å²) >= 11 is 3.00. The van der Waals surface area contributed by atoms with Crippen LogP contribution in [0.25, 0.3) is 0 Å². The first kappa shape index (κ1) is 13.5. The number of rotatable bonds is 3. The van der Waals surface area contributed by atoms with E-state index in [4.69, 9.17) is 5.26 Å². The molecule has 0 spiro atoms. The molecule has 7 heteroatoms. The Bertz CT molecular complexity index is 486. The Balaban J connectivity index is 3.45. The number of pyridine rings is 1. The Morgan fingerprint density at radius 3 is 2.76 bits per heavy atom. The second kappa shape index (κ2) is 5.68. The number of carbonyl (C=O) groups excluding carboxylic acids is 1. The van der Waals surface area contributed by atoms with Crippen LogP contribution in [-0.4, -0.2) is 18.1 Å². The van der Waals surface area contributed by atoms with Crippen LogP contribution in [-0.2, 0) is 10.1 Å². The molecule has 0 fully saturated rings. The molecule has 1 heterocycles. The first-order valence-corrected chi connectivity index (χ1v) is 5.53. The van der Waals surface area contributed by atoms with Gasteiger partial charge >= 0.3 is 5.97 Å². The molecule has 0 atom stereocenters. The maximum atomic E-state index is 12.7. The van der Waals surface area contributed by atoms with E-state index in [2.05, 4.69) is 25.7 Å². The lowest BCUT2D eigenvalue weighted by atomic mass is 10.1. The molecule has 1 aromatic heterocycles. The van der Waals surface area contributed by atoms with Gasteiger partial charge < -0.3 is 4.74 Å². The van der Waals surface area contributed by atoms with E-state index in [1.807, 2.05) is 0 Å². The number of esters is 1. The number of hydrogen-bond donors (Lipinski definition) is 0. The molecular weight excluding hydrogens is 298 g/mol. The highest BCUT2D eigenvalue weighted by Crippen LogP contribution is 2.26. The first-order valence-electron chi connectivity index (χ1n) is 4.41. The highest BCUT2D eigenvalue weighted by atomic mass is 79.9. The number of nitrogens with zero attached hydrogens (tertiary/aromatic N) is 2. The number of aromatic nitrogens is 1. The summed E-state index contributed by atoms with van der Waals surface area (Å²) in [4.78, 5) is 15.0. The predicted molar refractivity (Wildman–Crippen MR) is 57.9 cm³/mol. The molecule has 0 saturated heterocycles. The summed E-state index contributed by atoms with van der Waals surface area (Å²) in [6, 6.07) is 2.62. The molecule has 0 bridgehead atoms. The Kier molecular flexibility index (Phi) is 4.52. The quantitative estimate of drug-likeness (QED) is 0.636. The normalized spacial score (nSPS) is 10.1. The van der Waals surface area contributed by atoms with Crippen molar-refractivity contribution in [2.24, 2.45) is 0 Å². The van der Waals surface area contributed by atoms with Crippen molar-refractivity contribution in [1.82, 2.24) is 4.98 Å². The fourth-order valence-corrected chi connectivity index (χ4v) is 1.66. The molecule has 17 heavy (non-hydrogen) atoms. The zero-order chi connectivity index (χ0) is 13.0. The highest BCUT2D eigenvalue weighted by Gasteiger charge is 2.21. The summed E-state index contributed by atoms with van der Waals surface area (Å²) in [5, 5.41) is 8.86. The largest absolute Gasteiger partial charge is 0.465 e. The molecule has 4 nitrogen and oxygen atoms in total. The number of nitriles is 1. The fraction of sp³-hybridized carbons (Fsp3) is 0.300. The summed E-state index contributed by atoms with van der Waals surface area (Å²) in [6.45, 7) is 0. The second-order valence-corrected chi connectivity index (χ2v) is 3.52. The van der Waals surface area contributed by atoms with Gasteiger partial charge in [-0.2, -0.15) is 5.26 Å². The predicted octanol–water partition coefficient (Wildman–Crippen LogP) is 2.57. The van der Waals surface area contributed by atoms with Crippen LogP contribution >= 0.6 is 15.9 Å². The number of ether oxygens (including phenoxy) is 1. The molecule has 0 aromatic carbocycles. The van der Waals surface area contributed by atoms with Crippen LogP contribution in [0.5, 0.6) is 0 Å². The zero-order valence-electron chi connectivity index (χ0n) is 8.71. The van der Waals surface area contributed by atoms with E-state index in [1.165, 1.54) is 0 Å². The SMILES string of the molecule is COC(=O)c1cc(C(F)F)c(CBr)nc1C#N. The maximum absolute atomic E-state index is 12.7. The molecule has 0 radical (unpaired) electrons. The Morgan fingerprint density at radius 1 is 1.71 bits per heavy atom. The van der Waals surface area contributed by atoms with Crippen molar-refractivity contribution < 1.29 is 18.3 Å². The van der Waals surface area contributed by atoms with Gasteiger partial charge in [0.1, 0.15) is 6.07 Å². The minimum absolute atomic E-state index is 0.0317. The topological polar surface area (TPSA) is 63.0 Å². The van der Waals surface area contributed by atoms with Crippen molar-refractivity contribution in [1.29, 1.82) is 5.26 Å². The van der Waals surface area contributed by atoms with Crippen LogP contribution in [0.3, 0.4) is 0 Å².